The third-order valence-corrected chi connectivity index (χ3v) is 8.98. The predicted molar refractivity (Wildman–Crippen MR) is 165 cm³/mol. The quantitative estimate of drug-likeness (QED) is 0.118. The van der Waals surface area contributed by atoms with Gasteiger partial charge in [-0.2, -0.15) is 18.3 Å². The average Bonchev–Trinajstić information content (AvgIpc) is 3.24. The minimum Gasteiger partial charge on any atom is -0.313 e. The fourth-order valence-electron chi connectivity index (χ4n) is 4.56. The van der Waals surface area contributed by atoms with E-state index in [-0.39, 0.29) is 22.8 Å². The van der Waals surface area contributed by atoms with Gasteiger partial charge in [0.05, 0.1) is 21.6 Å². The molecular weight excluding hydrogens is 627 g/mol. The van der Waals surface area contributed by atoms with E-state index in [1.807, 2.05) is 0 Å². The van der Waals surface area contributed by atoms with E-state index in [2.05, 4.69) is 21.7 Å². The summed E-state index contributed by atoms with van der Waals surface area (Å²) in [5.41, 5.74) is 2.18. The summed E-state index contributed by atoms with van der Waals surface area (Å²) in [6, 6.07) is 9.73. The molecule has 0 aliphatic heterocycles. The zero-order chi connectivity index (χ0) is 31.7. The number of pyridine rings is 1. The van der Waals surface area contributed by atoms with Crippen molar-refractivity contribution in [1.82, 2.24) is 14.8 Å². The van der Waals surface area contributed by atoms with Crippen LogP contribution in [0.1, 0.15) is 43.6 Å². The van der Waals surface area contributed by atoms with Crippen LogP contribution in [-0.4, -0.2) is 42.4 Å². The van der Waals surface area contributed by atoms with Gasteiger partial charge in [0, 0.05) is 46.4 Å². The number of alkyl halides is 3. The third kappa shape index (κ3) is 7.69. The molecule has 0 saturated carbocycles. The largest absolute Gasteiger partial charge is 0.408 e. The molecule has 2 aromatic carbocycles. The Kier molecular flexibility index (Phi) is 9.79. The molecule has 43 heavy (non-hydrogen) atoms. The van der Waals surface area contributed by atoms with Gasteiger partial charge in [0.15, 0.2) is 5.82 Å². The molecule has 0 fully saturated rings. The van der Waals surface area contributed by atoms with Crippen LogP contribution in [0.2, 0.25) is 5.02 Å². The molecule has 1 N–H and O–H groups in total. The monoisotopic (exact) mass is 654 g/mol. The standard InChI is InChI=1S/C30H28ClF5N4OS2/c1-17(12-18-13-19(32)15-20(33)14-18)26-22(7-6-21(37-26)10-11-29(2,3)43(5)41)23-8-9-24(31)25-27(23)40(16-30(34,35)36)38-28(25)39-42-4/h6-9,13-15,17H,12,16H2,1-5H3,(H,38,39). The minimum absolute atomic E-state index is 0.148. The average molecular weight is 655 g/mol. The fraction of sp³-hybridized carbons (Fsp3) is 0.333. The number of anilines is 1. The molecule has 2 heterocycles. The van der Waals surface area contributed by atoms with Crippen LogP contribution in [0, 0.1) is 23.5 Å². The molecule has 0 saturated heterocycles. The van der Waals surface area contributed by atoms with Crippen molar-refractivity contribution in [2.24, 2.45) is 0 Å². The van der Waals surface area contributed by atoms with E-state index in [4.69, 9.17) is 16.6 Å². The van der Waals surface area contributed by atoms with Crippen molar-refractivity contribution in [3.63, 3.8) is 0 Å². The highest BCUT2D eigenvalue weighted by Gasteiger charge is 2.32. The number of nitrogens with zero attached hydrogens (tertiary/aromatic N) is 3. The highest BCUT2D eigenvalue weighted by molar-refractivity contribution is 7.99. The van der Waals surface area contributed by atoms with Crippen molar-refractivity contribution in [3.05, 3.63) is 76.1 Å². The number of halogens is 6. The lowest BCUT2D eigenvalue weighted by Gasteiger charge is -2.18. The summed E-state index contributed by atoms with van der Waals surface area (Å²) in [6.45, 7) is 3.91. The van der Waals surface area contributed by atoms with Crippen LogP contribution in [0.3, 0.4) is 0 Å². The van der Waals surface area contributed by atoms with Gasteiger partial charge in [-0.3, -0.25) is 8.89 Å². The van der Waals surface area contributed by atoms with Crippen LogP contribution < -0.4 is 4.72 Å². The Morgan fingerprint density at radius 1 is 1.09 bits per heavy atom. The van der Waals surface area contributed by atoms with E-state index < -0.39 is 45.8 Å². The van der Waals surface area contributed by atoms with Crippen molar-refractivity contribution in [2.75, 3.05) is 17.2 Å². The molecule has 2 atom stereocenters. The van der Waals surface area contributed by atoms with Crippen molar-refractivity contribution >= 4 is 51.1 Å². The molecule has 13 heteroatoms. The summed E-state index contributed by atoms with van der Waals surface area (Å²) in [4.78, 5) is 4.76. The third-order valence-electron chi connectivity index (χ3n) is 6.73. The number of hydrogen-bond donors (Lipinski definition) is 1. The Balaban J connectivity index is 1.97. The molecule has 2 aromatic heterocycles. The van der Waals surface area contributed by atoms with E-state index >= 15 is 0 Å². The van der Waals surface area contributed by atoms with Gasteiger partial charge < -0.3 is 4.72 Å². The minimum atomic E-state index is -4.57. The van der Waals surface area contributed by atoms with Crippen LogP contribution in [0.15, 0.2) is 42.5 Å². The number of benzene rings is 2. The fourth-order valence-corrected chi connectivity index (χ4v) is 5.34. The summed E-state index contributed by atoms with van der Waals surface area (Å²) in [6.07, 6.45) is -1.14. The summed E-state index contributed by atoms with van der Waals surface area (Å²) in [5.74, 6) is 4.19. The van der Waals surface area contributed by atoms with Gasteiger partial charge in [0.1, 0.15) is 28.6 Å². The Morgan fingerprint density at radius 3 is 2.35 bits per heavy atom. The molecular formula is C30H28ClF5N4OS2. The van der Waals surface area contributed by atoms with Crippen molar-refractivity contribution in [1.29, 1.82) is 0 Å². The highest BCUT2D eigenvalue weighted by atomic mass is 35.5. The molecule has 4 rings (SSSR count). The number of rotatable bonds is 8. The first-order valence-corrected chi connectivity index (χ1v) is 16.1. The van der Waals surface area contributed by atoms with Crippen LogP contribution in [0.5, 0.6) is 0 Å². The first kappa shape index (κ1) is 32.8. The summed E-state index contributed by atoms with van der Waals surface area (Å²) in [7, 11) is -1.25. The molecule has 0 bridgehead atoms. The van der Waals surface area contributed by atoms with Crippen LogP contribution in [-0.2, 0) is 23.8 Å². The van der Waals surface area contributed by atoms with Gasteiger partial charge >= 0.3 is 6.18 Å². The van der Waals surface area contributed by atoms with Gasteiger partial charge in [0.2, 0.25) is 0 Å². The van der Waals surface area contributed by atoms with E-state index in [0.29, 0.717) is 33.5 Å². The Morgan fingerprint density at radius 2 is 1.74 bits per heavy atom. The molecule has 228 valence electrons. The second kappa shape index (κ2) is 12.8. The van der Waals surface area contributed by atoms with Crippen LogP contribution >= 0.6 is 23.5 Å². The SMILES string of the molecule is CSNc1nn(CC(F)(F)F)c2c(-c3ccc(C#CC(C)(C)S(C)=O)nc3C(C)Cc3cc(F)cc(F)c3)ccc(Cl)c12. The number of nitrogens with one attached hydrogen (secondary N) is 1. The maximum atomic E-state index is 14.0. The molecule has 0 spiro atoms. The van der Waals surface area contributed by atoms with Gasteiger partial charge in [-0.05, 0) is 62.1 Å². The highest BCUT2D eigenvalue weighted by Crippen LogP contribution is 2.41. The normalized spacial score (nSPS) is 13.5. The molecule has 0 aliphatic rings. The molecule has 4 aromatic rings. The van der Waals surface area contributed by atoms with Crippen molar-refractivity contribution in [2.45, 2.75) is 50.6 Å². The molecule has 0 aliphatic carbocycles. The summed E-state index contributed by atoms with van der Waals surface area (Å²) >= 11 is 7.66. The second-order valence-corrected chi connectivity index (χ2v) is 13.4. The van der Waals surface area contributed by atoms with Gasteiger partial charge in [-0.25, -0.2) is 13.8 Å². The number of fused-ring (bicyclic) bond motifs is 1. The van der Waals surface area contributed by atoms with Gasteiger partial charge in [-0.15, -0.1) is 0 Å². The predicted octanol–water partition coefficient (Wildman–Crippen LogP) is 8.14. The molecule has 5 nitrogen and oxygen atoms in total. The number of aromatic nitrogens is 3. The van der Waals surface area contributed by atoms with Crippen molar-refractivity contribution in [3.8, 4) is 23.0 Å². The summed E-state index contributed by atoms with van der Waals surface area (Å²) < 4.78 is 84.1. The lowest BCUT2D eigenvalue weighted by molar-refractivity contribution is -0.141. The molecule has 0 radical (unpaired) electrons. The van der Waals surface area contributed by atoms with Crippen molar-refractivity contribution < 1.29 is 26.2 Å². The molecule has 0 amide bonds. The Labute approximate surface area is 258 Å². The molecule has 2 unspecified atom stereocenters. The summed E-state index contributed by atoms with van der Waals surface area (Å²) in [5, 5.41) is 4.70. The van der Waals surface area contributed by atoms with Crippen LogP contribution in [0.25, 0.3) is 22.0 Å². The number of hydrogen-bond acceptors (Lipinski definition) is 5. The van der Waals surface area contributed by atoms with E-state index in [9.17, 15) is 26.2 Å². The Bertz CT molecular complexity index is 1740. The zero-order valence-corrected chi connectivity index (χ0v) is 26.3. The van der Waals surface area contributed by atoms with E-state index in [1.54, 1.807) is 57.5 Å². The maximum absolute atomic E-state index is 14.0. The van der Waals surface area contributed by atoms with Crippen LogP contribution in [0.4, 0.5) is 27.8 Å². The lowest BCUT2D eigenvalue weighted by Crippen LogP contribution is -2.23. The van der Waals surface area contributed by atoms with E-state index in [1.165, 1.54) is 12.1 Å². The van der Waals surface area contributed by atoms with Gasteiger partial charge in [0.25, 0.3) is 0 Å². The van der Waals surface area contributed by atoms with Gasteiger partial charge in [-0.1, -0.05) is 42.5 Å². The maximum Gasteiger partial charge on any atom is 0.408 e. The second-order valence-electron chi connectivity index (χ2n) is 10.5. The first-order valence-electron chi connectivity index (χ1n) is 13.0. The zero-order valence-electron chi connectivity index (χ0n) is 23.9. The first-order chi connectivity index (χ1) is 20.1. The lowest BCUT2D eigenvalue weighted by atomic mass is 9.90. The smallest absolute Gasteiger partial charge is 0.313 e. The Hall–Kier alpha value is -3.14. The topological polar surface area (TPSA) is 59.8 Å². The van der Waals surface area contributed by atoms with E-state index in [0.717, 1.165) is 22.7 Å².